The van der Waals surface area contributed by atoms with Crippen LogP contribution in [0.25, 0.3) is 16.9 Å². The van der Waals surface area contributed by atoms with Crippen LogP contribution in [0.15, 0.2) is 30.3 Å². The van der Waals surface area contributed by atoms with Gasteiger partial charge in [-0.2, -0.15) is 5.10 Å². The van der Waals surface area contributed by atoms with Gasteiger partial charge >= 0.3 is 5.97 Å². The Bertz CT molecular complexity index is 1110. The van der Waals surface area contributed by atoms with Crippen molar-refractivity contribution in [1.82, 2.24) is 9.78 Å². The van der Waals surface area contributed by atoms with E-state index in [9.17, 15) is 9.18 Å². The minimum absolute atomic E-state index is 0.0353. The zero-order chi connectivity index (χ0) is 20.0. The van der Waals surface area contributed by atoms with Crippen LogP contribution in [-0.2, 0) is 11.2 Å². The van der Waals surface area contributed by atoms with Gasteiger partial charge in [-0.25, -0.2) is 13.9 Å². The van der Waals surface area contributed by atoms with Gasteiger partial charge in [0.2, 0.25) is 0 Å². The van der Waals surface area contributed by atoms with E-state index in [1.807, 2.05) is 12.1 Å². The molecule has 0 bridgehead atoms. The number of aromatic nitrogens is 2. The van der Waals surface area contributed by atoms with Crippen LogP contribution in [0.5, 0.6) is 11.5 Å². The van der Waals surface area contributed by atoms with Crippen LogP contribution in [0.3, 0.4) is 0 Å². The molecule has 0 fully saturated rings. The zero-order valence-corrected chi connectivity index (χ0v) is 16.1. The van der Waals surface area contributed by atoms with E-state index in [0.717, 1.165) is 16.7 Å². The molecule has 1 heterocycles. The fourth-order valence-electron chi connectivity index (χ4n) is 3.44. The Kier molecular flexibility index (Phi) is 4.47. The Balaban J connectivity index is 1.98. The van der Waals surface area contributed by atoms with E-state index in [2.05, 4.69) is 5.10 Å². The fourth-order valence-corrected chi connectivity index (χ4v) is 3.61. The first-order chi connectivity index (χ1) is 13.5. The summed E-state index contributed by atoms with van der Waals surface area (Å²) >= 11 is 5.95. The number of esters is 1. The first-order valence-electron chi connectivity index (χ1n) is 8.39. The molecule has 0 unspecified atom stereocenters. The number of hydrogen-bond donors (Lipinski definition) is 0. The first kappa shape index (κ1) is 18.3. The Hall–Kier alpha value is -3.06. The summed E-state index contributed by atoms with van der Waals surface area (Å²) in [7, 11) is 4.42. The zero-order valence-electron chi connectivity index (χ0n) is 15.4. The second-order valence-corrected chi connectivity index (χ2v) is 6.63. The number of carbonyl (C=O) groups is 1. The van der Waals surface area contributed by atoms with Gasteiger partial charge in [0.1, 0.15) is 5.82 Å². The van der Waals surface area contributed by atoms with Crippen molar-refractivity contribution in [3.8, 4) is 28.4 Å². The third-order valence-electron chi connectivity index (χ3n) is 4.74. The van der Waals surface area contributed by atoms with Crippen molar-refractivity contribution in [3.63, 3.8) is 0 Å². The number of nitrogens with zero attached hydrogens (tertiary/aromatic N) is 2. The van der Waals surface area contributed by atoms with Crippen molar-refractivity contribution in [2.45, 2.75) is 6.42 Å². The SMILES string of the molecule is COC(=O)c1nn(-c2ccc(F)c(Cl)c2)c2c1Cc1cc(OC)c(OC)cc1-2. The summed E-state index contributed by atoms with van der Waals surface area (Å²) in [5.74, 6) is 0.0677. The topological polar surface area (TPSA) is 62.6 Å². The van der Waals surface area contributed by atoms with Crippen molar-refractivity contribution in [3.05, 3.63) is 58.0 Å². The van der Waals surface area contributed by atoms with Crippen LogP contribution in [0.4, 0.5) is 4.39 Å². The van der Waals surface area contributed by atoms with Crippen LogP contribution in [0, 0.1) is 5.82 Å². The van der Waals surface area contributed by atoms with Gasteiger partial charge < -0.3 is 14.2 Å². The number of carbonyl (C=O) groups excluding carboxylic acids is 1. The number of hydrogen-bond acceptors (Lipinski definition) is 5. The van der Waals surface area contributed by atoms with Crippen LogP contribution in [-0.4, -0.2) is 37.1 Å². The number of methoxy groups -OCH3 is 3. The molecule has 0 saturated carbocycles. The molecule has 1 aromatic heterocycles. The number of benzene rings is 2. The molecular formula is C20H16ClFN2O4. The third kappa shape index (κ3) is 2.70. The summed E-state index contributed by atoms with van der Waals surface area (Å²) < 4.78 is 30.9. The predicted molar refractivity (Wildman–Crippen MR) is 101 cm³/mol. The molecule has 28 heavy (non-hydrogen) atoms. The fraction of sp³-hybridized carbons (Fsp3) is 0.200. The van der Waals surface area contributed by atoms with E-state index in [-0.39, 0.29) is 10.7 Å². The second kappa shape index (κ2) is 6.83. The molecule has 0 aliphatic heterocycles. The predicted octanol–water partition coefficient (Wildman–Crippen LogP) is 4.04. The van der Waals surface area contributed by atoms with Crippen molar-refractivity contribution in [2.24, 2.45) is 0 Å². The smallest absolute Gasteiger partial charge is 0.358 e. The van der Waals surface area contributed by atoms with E-state index < -0.39 is 11.8 Å². The molecule has 0 saturated heterocycles. The maximum absolute atomic E-state index is 13.6. The molecule has 0 atom stereocenters. The van der Waals surface area contributed by atoms with Gasteiger partial charge in [-0.1, -0.05) is 11.6 Å². The molecule has 6 nitrogen and oxygen atoms in total. The minimum Gasteiger partial charge on any atom is -0.493 e. The minimum atomic E-state index is -0.546. The van der Waals surface area contributed by atoms with Crippen LogP contribution in [0.2, 0.25) is 5.02 Å². The van der Waals surface area contributed by atoms with E-state index >= 15 is 0 Å². The standard InChI is InChI=1S/C20H16ClFN2O4/c1-26-16-7-10-6-13-18(20(25)28-3)23-24(11-4-5-15(22)14(21)8-11)19(13)12(10)9-17(16)27-2/h4-5,7-9H,6H2,1-3H3. The lowest BCUT2D eigenvalue weighted by atomic mass is 10.1. The van der Waals surface area contributed by atoms with Gasteiger partial charge in [-0.05, 0) is 35.9 Å². The molecule has 8 heteroatoms. The molecule has 0 N–H and O–H groups in total. The lowest BCUT2D eigenvalue weighted by Gasteiger charge is -2.12. The quantitative estimate of drug-likeness (QED) is 0.482. The van der Waals surface area contributed by atoms with Crippen LogP contribution < -0.4 is 9.47 Å². The molecule has 1 aliphatic rings. The molecule has 4 rings (SSSR count). The van der Waals surface area contributed by atoms with E-state index in [1.165, 1.54) is 19.2 Å². The highest BCUT2D eigenvalue weighted by molar-refractivity contribution is 6.30. The molecule has 0 radical (unpaired) electrons. The summed E-state index contributed by atoms with van der Waals surface area (Å²) in [6, 6.07) is 7.98. The summed E-state index contributed by atoms with van der Waals surface area (Å²) in [4.78, 5) is 12.3. The highest BCUT2D eigenvalue weighted by Gasteiger charge is 2.33. The average Bonchev–Trinajstić information content (AvgIpc) is 3.25. The van der Waals surface area contributed by atoms with Gasteiger partial charge in [0.15, 0.2) is 17.2 Å². The summed E-state index contributed by atoms with van der Waals surface area (Å²) in [5.41, 5.74) is 3.96. The molecule has 1 aliphatic carbocycles. The molecule has 2 aromatic carbocycles. The third-order valence-corrected chi connectivity index (χ3v) is 5.03. The monoisotopic (exact) mass is 402 g/mol. The number of fused-ring (bicyclic) bond motifs is 3. The van der Waals surface area contributed by atoms with Crippen molar-refractivity contribution in [2.75, 3.05) is 21.3 Å². The maximum atomic E-state index is 13.6. The number of halogens is 2. The highest BCUT2D eigenvalue weighted by atomic mass is 35.5. The molecule has 0 spiro atoms. The summed E-state index contributed by atoms with van der Waals surface area (Å²) in [6.07, 6.45) is 0.477. The average molecular weight is 403 g/mol. The van der Waals surface area contributed by atoms with Crippen LogP contribution in [0.1, 0.15) is 21.6 Å². The summed E-state index contributed by atoms with van der Waals surface area (Å²) in [5, 5.41) is 4.39. The van der Waals surface area contributed by atoms with E-state index in [4.69, 9.17) is 25.8 Å². The molecule has 0 amide bonds. The van der Waals surface area contributed by atoms with Gasteiger partial charge in [0.05, 0.1) is 37.7 Å². The van der Waals surface area contributed by atoms with E-state index in [1.54, 1.807) is 25.0 Å². The Morgan fingerprint density at radius 3 is 2.50 bits per heavy atom. The largest absolute Gasteiger partial charge is 0.493 e. The maximum Gasteiger partial charge on any atom is 0.358 e. The second-order valence-electron chi connectivity index (χ2n) is 6.22. The van der Waals surface area contributed by atoms with Crippen molar-refractivity contribution in [1.29, 1.82) is 0 Å². The normalized spacial score (nSPS) is 11.8. The first-order valence-corrected chi connectivity index (χ1v) is 8.77. The van der Waals surface area contributed by atoms with Gasteiger partial charge in [0, 0.05) is 17.5 Å². The lowest BCUT2D eigenvalue weighted by Crippen LogP contribution is -2.07. The molecule has 3 aromatic rings. The van der Waals surface area contributed by atoms with Gasteiger partial charge in [-0.3, -0.25) is 0 Å². The van der Waals surface area contributed by atoms with Gasteiger partial charge in [0.25, 0.3) is 0 Å². The lowest BCUT2D eigenvalue weighted by molar-refractivity contribution is 0.0592. The van der Waals surface area contributed by atoms with Crippen molar-refractivity contribution >= 4 is 17.6 Å². The van der Waals surface area contributed by atoms with E-state index in [0.29, 0.717) is 29.3 Å². The highest BCUT2D eigenvalue weighted by Crippen LogP contribution is 2.45. The Morgan fingerprint density at radius 1 is 1.14 bits per heavy atom. The molecule has 144 valence electrons. The van der Waals surface area contributed by atoms with Crippen LogP contribution >= 0.6 is 11.6 Å². The Labute approximate surface area is 165 Å². The molecular weight excluding hydrogens is 387 g/mol. The van der Waals surface area contributed by atoms with Gasteiger partial charge in [-0.15, -0.1) is 0 Å². The Morgan fingerprint density at radius 2 is 1.86 bits per heavy atom. The van der Waals surface area contributed by atoms with Crippen molar-refractivity contribution < 1.29 is 23.4 Å². The number of rotatable bonds is 4. The number of ether oxygens (including phenoxy) is 3. The summed E-state index contributed by atoms with van der Waals surface area (Å²) in [6.45, 7) is 0.